The molecule has 0 atom stereocenters. The molecule has 4 rings (SSSR count). The third-order valence-corrected chi connectivity index (χ3v) is 5.88. The molecular weight excluding hydrogens is 368 g/mol. The number of thioether (sulfide) groups is 1. The van der Waals surface area contributed by atoms with E-state index in [-0.39, 0.29) is 0 Å². The van der Waals surface area contributed by atoms with Gasteiger partial charge in [-0.25, -0.2) is 15.0 Å². The molecule has 0 amide bonds. The van der Waals surface area contributed by atoms with Gasteiger partial charge in [-0.1, -0.05) is 13.8 Å². The molecule has 0 fully saturated rings. The zero-order valence-corrected chi connectivity index (χ0v) is 17.7. The molecular formula is C21H26N6S. The molecule has 0 unspecified atom stereocenters. The zero-order chi connectivity index (χ0) is 19.7. The fourth-order valence-electron chi connectivity index (χ4n) is 3.63. The first-order chi connectivity index (χ1) is 13.4. The van der Waals surface area contributed by atoms with Crippen molar-refractivity contribution in [2.75, 3.05) is 11.6 Å². The highest BCUT2D eigenvalue weighted by atomic mass is 32.2. The first-order valence-corrected chi connectivity index (χ1v) is 10.8. The van der Waals surface area contributed by atoms with Crippen LogP contribution in [0.1, 0.15) is 42.9 Å². The number of rotatable bonds is 5. The van der Waals surface area contributed by atoms with E-state index < -0.39 is 0 Å². The predicted molar refractivity (Wildman–Crippen MR) is 114 cm³/mol. The third kappa shape index (κ3) is 4.04. The Morgan fingerprint density at radius 3 is 2.75 bits per heavy atom. The highest BCUT2D eigenvalue weighted by Gasteiger charge is 2.29. The Morgan fingerprint density at radius 1 is 1.21 bits per heavy atom. The van der Waals surface area contributed by atoms with Crippen LogP contribution in [0.5, 0.6) is 0 Å². The second-order valence-corrected chi connectivity index (χ2v) is 8.97. The van der Waals surface area contributed by atoms with Crippen LogP contribution in [0, 0.1) is 12.3 Å². The van der Waals surface area contributed by atoms with Crippen LogP contribution in [-0.2, 0) is 19.4 Å². The maximum Gasteiger partial charge on any atom is 0.128 e. The van der Waals surface area contributed by atoms with Gasteiger partial charge in [0.2, 0.25) is 0 Å². The van der Waals surface area contributed by atoms with Gasteiger partial charge in [-0.05, 0) is 50.0 Å². The van der Waals surface area contributed by atoms with Crippen molar-refractivity contribution in [3.8, 4) is 11.3 Å². The SMILES string of the molecule is CSc1cc(-c2n[nH]c3c2CCC(C)(C)C3)cc(NCc2cnc(C)nc2)n1. The van der Waals surface area contributed by atoms with Gasteiger partial charge in [-0.3, -0.25) is 5.10 Å². The largest absolute Gasteiger partial charge is 0.366 e. The fourth-order valence-corrected chi connectivity index (χ4v) is 4.06. The average molecular weight is 395 g/mol. The van der Waals surface area contributed by atoms with Gasteiger partial charge in [-0.15, -0.1) is 11.8 Å². The average Bonchev–Trinajstić information content (AvgIpc) is 3.09. The number of pyridine rings is 1. The smallest absolute Gasteiger partial charge is 0.128 e. The molecule has 3 aromatic heterocycles. The molecule has 146 valence electrons. The molecule has 1 aliphatic carbocycles. The molecule has 0 spiro atoms. The number of aromatic nitrogens is 5. The lowest BCUT2D eigenvalue weighted by atomic mass is 9.76. The number of aromatic amines is 1. The molecule has 2 N–H and O–H groups in total. The van der Waals surface area contributed by atoms with E-state index in [1.165, 1.54) is 17.7 Å². The maximum atomic E-state index is 4.70. The van der Waals surface area contributed by atoms with Gasteiger partial charge in [0.25, 0.3) is 0 Å². The quantitative estimate of drug-likeness (QED) is 0.624. The minimum Gasteiger partial charge on any atom is -0.366 e. The van der Waals surface area contributed by atoms with Gasteiger partial charge in [0.1, 0.15) is 11.6 Å². The van der Waals surface area contributed by atoms with E-state index in [0.717, 1.165) is 46.3 Å². The molecule has 7 heteroatoms. The Balaban J connectivity index is 1.61. The Kier molecular flexibility index (Phi) is 5.10. The van der Waals surface area contributed by atoms with Crippen LogP contribution < -0.4 is 5.32 Å². The summed E-state index contributed by atoms with van der Waals surface area (Å²) in [5.74, 6) is 1.62. The topological polar surface area (TPSA) is 79.4 Å². The second kappa shape index (κ2) is 7.54. The number of H-pyrrole nitrogens is 1. The van der Waals surface area contributed by atoms with Crippen LogP contribution in [0.25, 0.3) is 11.3 Å². The summed E-state index contributed by atoms with van der Waals surface area (Å²) in [6.07, 6.45) is 9.04. The third-order valence-electron chi connectivity index (χ3n) is 5.25. The van der Waals surface area contributed by atoms with Crippen LogP contribution in [0.2, 0.25) is 0 Å². The van der Waals surface area contributed by atoms with Crippen LogP contribution in [0.4, 0.5) is 5.82 Å². The number of nitrogens with one attached hydrogen (secondary N) is 2. The number of anilines is 1. The lowest BCUT2D eigenvalue weighted by molar-refractivity contribution is 0.312. The van der Waals surface area contributed by atoms with E-state index in [1.807, 2.05) is 25.6 Å². The van der Waals surface area contributed by atoms with Crippen molar-refractivity contribution in [2.45, 2.75) is 51.6 Å². The molecule has 3 heterocycles. The van der Waals surface area contributed by atoms with E-state index in [1.54, 1.807) is 11.8 Å². The van der Waals surface area contributed by atoms with Gasteiger partial charge in [-0.2, -0.15) is 5.10 Å². The molecule has 0 bridgehead atoms. The van der Waals surface area contributed by atoms with Crippen molar-refractivity contribution in [1.29, 1.82) is 0 Å². The molecule has 0 saturated heterocycles. The van der Waals surface area contributed by atoms with Gasteiger partial charge >= 0.3 is 0 Å². The Bertz CT molecular complexity index is 977. The highest BCUT2D eigenvalue weighted by Crippen LogP contribution is 2.38. The van der Waals surface area contributed by atoms with Gasteiger partial charge < -0.3 is 5.32 Å². The molecule has 0 aromatic carbocycles. The van der Waals surface area contributed by atoms with Crippen molar-refractivity contribution >= 4 is 17.6 Å². The molecule has 3 aromatic rings. The van der Waals surface area contributed by atoms with Crippen molar-refractivity contribution in [2.24, 2.45) is 5.41 Å². The van der Waals surface area contributed by atoms with Crippen LogP contribution in [-0.4, -0.2) is 31.4 Å². The van der Waals surface area contributed by atoms with E-state index in [0.29, 0.717) is 12.0 Å². The number of hydrogen-bond acceptors (Lipinski definition) is 6. The summed E-state index contributed by atoms with van der Waals surface area (Å²) in [6.45, 7) is 7.17. The minimum atomic E-state index is 0.336. The van der Waals surface area contributed by atoms with E-state index in [9.17, 15) is 0 Å². The Morgan fingerprint density at radius 2 is 2.00 bits per heavy atom. The summed E-state index contributed by atoms with van der Waals surface area (Å²) >= 11 is 1.64. The number of hydrogen-bond donors (Lipinski definition) is 2. The summed E-state index contributed by atoms with van der Waals surface area (Å²) in [6, 6.07) is 4.21. The van der Waals surface area contributed by atoms with Crippen molar-refractivity contribution in [1.82, 2.24) is 25.1 Å². The van der Waals surface area contributed by atoms with Gasteiger partial charge in [0.15, 0.2) is 0 Å². The van der Waals surface area contributed by atoms with Crippen molar-refractivity contribution < 1.29 is 0 Å². The summed E-state index contributed by atoms with van der Waals surface area (Å²) in [7, 11) is 0. The van der Waals surface area contributed by atoms with E-state index in [2.05, 4.69) is 51.5 Å². The van der Waals surface area contributed by atoms with Gasteiger partial charge in [0.05, 0.1) is 10.7 Å². The van der Waals surface area contributed by atoms with Crippen molar-refractivity contribution in [3.63, 3.8) is 0 Å². The highest BCUT2D eigenvalue weighted by molar-refractivity contribution is 7.98. The molecule has 0 saturated carbocycles. The predicted octanol–water partition coefficient (Wildman–Crippen LogP) is 4.42. The first-order valence-electron chi connectivity index (χ1n) is 9.57. The lowest BCUT2D eigenvalue weighted by Crippen LogP contribution is -2.21. The van der Waals surface area contributed by atoms with E-state index >= 15 is 0 Å². The standard InChI is InChI=1S/C21H26N6S/c1-13-22-10-14(11-23-13)12-24-18-7-15(8-19(25-18)28-4)20-16-5-6-21(2,3)9-17(16)26-27-20/h7-8,10-11H,5-6,9,12H2,1-4H3,(H,24,25)(H,26,27). The summed E-state index contributed by atoms with van der Waals surface area (Å²) in [5.41, 5.74) is 6.17. The monoisotopic (exact) mass is 394 g/mol. The van der Waals surface area contributed by atoms with Crippen molar-refractivity contribution in [3.05, 3.63) is 47.2 Å². The molecule has 0 radical (unpaired) electrons. The normalized spacial score (nSPS) is 15.3. The van der Waals surface area contributed by atoms with Crippen LogP contribution in [0.15, 0.2) is 29.6 Å². The maximum absolute atomic E-state index is 4.70. The molecule has 6 nitrogen and oxygen atoms in total. The second-order valence-electron chi connectivity index (χ2n) is 8.15. The van der Waals surface area contributed by atoms with E-state index in [4.69, 9.17) is 4.98 Å². The fraction of sp³-hybridized carbons (Fsp3) is 0.429. The summed E-state index contributed by atoms with van der Waals surface area (Å²) in [5, 5.41) is 12.3. The number of nitrogens with zero attached hydrogens (tertiary/aromatic N) is 4. The van der Waals surface area contributed by atoms with Crippen LogP contribution in [0.3, 0.4) is 0 Å². The zero-order valence-electron chi connectivity index (χ0n) is 16.8. The summed E-state index contributed by atoms with van der Waals surface area (Å²) < 4.78 is 0. The minimum absolute atomic E-state index is 0.336. The molecule has 28 heavy (non-hydrogen) atoms. The van der Waals surface area contributed by atoms with Gasteiger partial charge in [0, 0.05) is 41.3 Å². The molecule has 1 aliphatic rings. The summed E-state index contributed by atoms with van der Waals surface area (Å²) in [4.78, 5) is 13.2. The number of aryl methyl sites for hydroxylation is 1. The first kappa shape index (κ1) is 18.9. The Labute approximate surface area is 170 Å². The molecule has 0 aliphatic heterocycles. The Hall–Kier alpha value is -2.41. The van der Waals surface area contributed by atoms with Crippen LogP contribution >= 0.6 is 11.8 Å². The lowest BCUT2D eigenvalue weighted by Gasteiger charge is -2.29. The number of fused-ring (bicyclic) bond motifs is 1.